The largest absolute Gasteiger partial charge is 0.457 e. The molecule has 0 aromatic heterocycles. The van der Waals surface area contributed by atoms with Crippen molar-refractivity contribution >= 4 is 21.6 Å². The van der Waals surface area contributed by atoms with Gasteiger partial charge >= 0.3 is 0 Å². The highest BCUT2D eigenvalue weighted by Crippen LogP contribution is 2.28. The molecule has 0 aliphatic carbocycles. The van der Waals surface area contributed by atoms with Crippen LogP contribution >= 0.6 is 0 Å². The molecule has 0 aliphatic heterocycles. The van der Waals surface area contributed by atoms with Crippen molar-refractivity contribution in [3.8, 4) is 11.5 Å². The van der Waals surface area contributed by atoms with Gasteiger partial charge in [0.1, 0.15) is 17.5 Å². The third kappa shape index (κ3) is 6.98. The zero-order chi connectivity index (χ0) is 26.3. The van der Waals surface area contributed by atoms with E-state index in [1.807, 2.05) is 91.0 Å². The SMILES string of the molecule is C[C@H](C(=O)N(Cc1ccccc1)Cc1ccccc1)N(c1ccc(Oc2ccccc2)cc1)S(C)(=O)=O. The summed E-state index contributed by atoms with van der Waals surface area (Å²) >= 11 is 0. The predicted octanol–water partition coefficient (Wildman–Crippen LogP) is 5.86. The van der Waals surface area contributed by atoms with E-state index >= 15 is 0 Å². The van der Waals surface area contributed by atoms with Crippen LogP contribution in [0.15, 0.2) is 115 Å². The molecule has 0 unspecified atom stereocenters. The minimum absolute atomic E-state index is 0.289. The van der Waals surface area contributed by atoms with E-state index in [2.05, 4.69) is 0 Å². The smallest absolute Gasteiger partial charge is 0.246 e. The molecule has 4 rings (SSSR count). The molecule has 0 bridgehead atoms. The normalized spacial score (nSPS) is 11.9. The second kappa shape index (κ2) is 11.8. The maximum absolute atomic E-state index is 13.8. The Morgan fingerprint density at radius 3 is 1.59 bits per heavy atom. The Morgan fingerprint density at radius 2 is 1.14 bits per heavy atom. The first-order valence-corrected chi connectivity index (χ1v) is 13.8. The van der Waals surface area contributed by atoms with Crippen LogP contribution in [0, 0.1) is 0 Å². The average Bonchev–Trinajstić information content (AvgIpc) is 2.90. The minimum atomic E-state index is -3.77. The molecule has 4 aromatic rings. The van der Waals surface area contributed by atoms with Crippen molar-refractivity contribution in [3.63, 3.8) is 0 Å². The van der Waals surface area contributed by atoms with Gasteiger partial charge in [0.2, 0.25) is 15.9 Å². The number of ether oxygens (including phenoxy) is 1. The van der Waals surface area contributed by atoms with Gasteiger partial charge in [-0.15, -0.1) is 0 Å². The summed E-state index contributed by atoms with van der Waals surface area (Å²) in [6, 6.07) is 34.4. The van der Waals surface area contributed by atoms with Crippen LogP contribution in [0.25, 0.3) is 0 Å². The summed E-state index contributed by atoms with van der Waals surface area (Å²) in [5.74, 6) is 0.955. The highest BCUT2D eigenvalue weighted by molar-refractivity contribution is 7.92. The van der Waals surface area contributed by atoms with Gasteiger partial charge in [0.05, 0.1) is 11.9 Å². The van der Waals surface area contributed by atoms with Crippen molar-refractivity contribution in [2.45, 2.75) is 26.1 Å². The monoisotopic (exact) mass is 514 g/mol. The summed E-state index contributed by atoms with van der Waals surface area (Å²) in [4.78, 5) is 15.5. The molecule has 0 aliphatic rings. The Bertz CT molecular complexity index is 1350. The fourth-order valence-corrected chi connectivity index (χ4v) is 5.34. The quantitative estimate of drug-likeness (QED) is 0.266. The van der Waals surface area contributed by atoms with Crippen LogP contribution in [0.3, 0.4) is 0 Å². The predicted molar refractivity (Wildman–Crippen MR) is 147 cm³/mol. The average molecular weight is 515 g/mol. The molecule has 190 valence electrons. The Morgan fingerprint density at radius 1 is 0.703 bits per heavy atom. The topological polar surface area (TPSA) is 66.9 Å². The van der Waals surface area contributed by atoms with Crippen molar-refractivity contribution < 1.29 is 17.9 Å². The lowest BCUT2D eigenvalue weighted by atomic mass is 10.1. The molecule has 0 saturated heterocycles. The molecule has 0 spiro atoms. The highest BCUT2D eigenvalue weighted by Gasteiger charge is 2.32. The van der Waals surface area contributed by atoms with Gasteiger partial charge in [0.15, 0.2) is 0 Å². The lowest BCUT2D eigenvalue weighted by molar-refractivity contribution is -0.133. The zero-order valence-electron chi connectivity index (χ0n) is 20.9. The van der Waals surface area contributed by atoms with Crippen LogP contribution in [0.5, 0.6) is 11.5 Å². The number of benzene rings is 4. The Balaban J connectivity index is 1.60. The number of amides is 1. The van der Waals surface area contributed by atoms with Gasteiger partial charge < -0.3 is 9.64 Å². The standard InChI is InChI=1S/C30H30N2O4S/c1-24(30(33)31(22-25-12-6-3-7-13-25)23-26-14-8-4-9-15-26)32(37(2,34)35)27-18-20-29(21-19-27)36-28-16-10-5-11-17-28/h3-21,24H,22-23H2,1-2H3/t24-/m1/s1. The number of carbonyl (C=O) groups is 1. The van der Waals surface area contributed by atoms with Crippen molar-refractivity contribution in [3.05, 3.63) is 126 Å². The van der Waals surface area contributed by atoms with Gasteiger partial charge in [-0.25, -0.2) is 8.42 Å². The summed E-state index contributed by atoms with van der Waals surface area (Å²) in [6.45, 7) is 2.35. The molecular formula is C30H30N2O4S. The Hall–Kier alpha value is -4.10. The van der Waals surface area contributed by atoms with E-state index in [1.165, 1.54) is 4.31 Å². The number of para-hydroxylation sites is 1. The first kappa shape index (κ1) is 26.0. The molecule has 1 atom stereocenters. The summed E-state index contributed by atoms with van der Waals surface area (Å²) in [7, 11) is -3.77. The first-order valence-electron chi connectivity index (χ1n) is 12.0. The Labute approximate surface area is 218 Å². The number of hydrogen-bond donors (Lipinski definition) is 0. The van der Waals surface area contributed by atoms with Gasteiger partial charge in [-0.3, -0.25) is 9.10 Å². The number of hydrogen-bond acceptors (Lipinski definition) is 4. The molecule has 0 fully saturated rings. The van der Waals surface area contributed by atoms with Crippen LogP contribution in [-0.2, 0) is 27.9 Å². The third-order valence-electron chi connectivity index (χ3n) is 5.88. The van der Waals surface area contributed by atoms with Crippen molar-refractivity contribution in [2.24, 2.45) is 0 Å². The summed E-state index contributed by atoms with van der Waals surface area (Å²) in [6.07, 6.45) is 1.11. The molecule has 0 radical (unpaired) electrons. The molecule has 4 aromatic carbocycles. The molecule has 37 heavy (non-hydrogen) atoms. The minimum Gasteiger partial charge on any atom is -0.457 e. The van der Waals surface area contributed by atoms with E-state index in [-0.39, 0.29) is 5.91 Å². The second-order valence-electron chi connectivity index (χ2n) is 8.81. The van der Waals surface area contributed by atoms with Crippen LogP contribution in [0.1, 0.15) is 18.1 Å². The van der Waals surface area contributed by atoms with Gasteiger partial charge in [-0.05, 0) is 54.4 Å². The lowest BCUT2D eigenvalue weighted by Crippen LogP contribution is -2.49. The van der Waals surface area contributed by atoms with Crippen molar-refractivity contribution in [1.29, 1.82) is 0 Å². The van der Waals surface area contributed by atoms with E-state index in [1.54, 1.807) is 36.1 Å². The van der Waals surface area contributed by atoms with Gasteiger partial charge in [0, 0.05) is 13.1 Å². The van der Waals surface area contributed by atoms with Gasteiger partial charge in [0.25, 0.3) is 0 Å². The van der Waals surface area contributed by atoms with E-state index in [4.69, 9.17) is 4.74 Å². The van der Waals surface area contributed by atoms with E-state index in [9.17, 15) is 13.2 Å². The maximum atomic E-state index is 13.8. The molecule has 6 nitrogen and oxygen atoms in total. The van der Waals surface area contributed by atoms with Gasteiger partial charge in [-0.2, -0.15) is 0 Å². The second-order valence-corrected chi connectivity index (χ2v) is 10.7. The third-order valence-corrected chi connectivity index (χ3v) is 7.12. The molecule has 1 amide bonds. The number of carbonyl (C=O) groups excluding carboxylic acids is 1. The van der Waals surface area contributed by atoms with Gasteiger partial charge in [-0.1, -0.05) is 78.9 Å². The van der Waals surface area contributed by atoms with Crippen molar-refractivity contribution in [2.75, 3.05) is 10.6 Å². The lowest BCUT2D eigenvalue weighted by Gasteiger charge is -2.33. The maximum Gasteiger partial charge on any atom is 0.246 e. The number of sulfonamides is 1. The molecular weight excluding hydrogens is 484 g/mol. The summed E-state index contributed by atoms with van der Waals surface area (Å²) in [5.41, 5.74) is 2.32. The summed E-state index contributed by atoms with van der Waals surface area (Å²) in [5, 5.41) is 0. The molecule has 0 saturated carbocycles. The fourth-order valence-electron chi connectivity index (χ4n) is 4.17. The zero-order valence-corrected chi connectivity index (χ0v) is 21.7. The van der Waals surface area contributed by atoms with Crippen LogP contribution in [0.4, 0.5) is 5.69 Å². The number of anilines is 1. The highest BCUT2D eigenvalue weighted by atomic mass is 32.2. The number of rotatable bonds is 10. The van der Waals surface area contributed by atoms with E-state index in [0.29, 0.717) is 30.3 Å². The number of nitrogens with zero attached hydrogens (tertiary/aromatic N) is 2. The molecule has 0 N–H and O–H groups in total. The van der Waals surface area contributed by atoms with Crippen molar-refractivity contribution in [1.82, 2.24) is 4.90 Å². The first-order chi connectivity index (χ1) is 17.8. The van der Waals surface area contributed by atoms with Crippen LogP contribution < -0.4 is 9.04 Å². The van der Waals surface area contributed by atoms with E-state index < -0.39 is 16.1 Å². The fraction of sp³-hybridized carbons (Fsp3) is 0.167. The molecule has 0 heterocycles. The van der Waals surface area contributed by atoms with Crippen LogP contribution in [-0.4, -0.2) is 31.5 Å². The van der Waals surface area contributed by atoms with Crippen LogP contribution in [0.2, 0.25) is 0 Å². The summed E-state index contributed by atoms with van der Waals surface area (Å²) < 4.78 is 32.8. The Kier molecular flexibility index (Phi) is 8.25. The molecule has 7 heteroatoms. The van der Waals surface area contributed by atoms with E-state index in [0.717, 1.165) is 17.4 Å².